The molecule has 1 aromatic carbocycles. The summed E-state index contributed by atoms with van der Waals surface area (Å²) in [5.74, 6) is -1.22. The van der Waals surface area contributed by atoms with E-state index in [4.69, 9.17) is 0 Å². The maximum Gasteiger partial charge on any atom is 0.449 e. The Balaban J connectivity index is 1.72. The largest absolute Gasteiger partial charge is 0.449 e. The van der Waals surface area contributed by atoms with Crippen LogP contribution in [-0.2, 0) is 25.7 Å². The molecule has 1 N–H and O–H groups in total. The number of halogens is 3. The quantitative estimate of drug-likeness (QED) is 0.866. The van der Waals surface area contributed by atoms with E-state index in [2.05, 4.69) is 52.9 Å². The van der Waals surface area contributed by atoms with E-state index in [9.17, 15) is 18.0 Å². The van der Waals surface area contributed by atoms with Crippen LogP contribution in [0.25, 0.3) is 0 Å². The van der Waals surface area contributed by atoms with Crippen LogP contribution in [0.2, 0.25) is 0 Å². The molecule has 0 atom stereocenters. The molecule has 8 heteroatoms. The Morgan fingerprint density at radius 3 is 2.44 bits per heavy atom. The number of hydrogen-bond acceptors (Lipinski definition) is 4. The highest BCUT2D eigenvalue weighted by Gasteiger charge is 2.35. The molecule has 3 rings (SSSR count). The molecule has 0 fully saturated rings. The van der Waals surface area contributed by atoms with Gasteiger partial charge in [0, 0.05) is 44.8 Å². The summed E-state index contributed by atoms with van der Waals surface area (Å²) in [5, 5.41) is 0. The SMILES string of the molecule is CCN(CC)c1ccc(CN2CCc3nc(C(F)(F)F)[nH]c(=O)c3C2)cc1. The molecule has 0 bridgehead atoms. The Morgan fingerprint density at radius 1 is 1.19 bits per heavy atom. The maximum absolute atomic E-state index is 12.8. The van der Waals surface area contributed by atoms with Gasteiger partial charge in [-0.15, -0.1) is 0 Å². The minimum atomic E-state index is -4.64. The van der Waals surface area contributed by atoms with Crippen molar-refractivity contribution >= 4 is 5.69 Å². The molecule has 27 heavy (non-hydrogen) atoms. The molecule has 146 valence electrons. The molecule has 0 amide bonds. The highest BCUT2D eigenvalue weighted by molar-refractivity contribution is 5.47. The number of aromatic nitrogens is 2. The lowest BCUT2D eigenvalue weighted by molar-refractivity contribution is -0.145. The Labute approximate surface area is 155 Å². The van der Waals surface area contributed by atoms with Crippen molar-refractivity contribution in [3.05, 3.63) is 57.3 Å². The van der Waals surface area contributed by atoms with Gasteiger partial charge in [0.2, 0.25) is 5.82 Å². The second-order valence-electron chi connectivity index (χ2n) is 6.64. The lowest BCUT2D eigenvalue weighted by Crippen LogP contribution is -2.36. The molecule has 2 heterocycles. The van der Waals surface area contributed by atoms with Crippen molar-refractivity contribution in [1.29, 1.82) is 0 Å². The number of aromatic amines is 1. The van der Waals surface area contributed by atoms with Crippen molar-refractivity contribution in [2.45, 2.75) is 39.5 Å². The minimum absolute atomic E-state index is 0.249. The summed E-state index contributed by atoms with van der Waals surface area (Å²) in [6.45, 7) is 7.60. The van der Waals surface area contributed by atoms with Gasteiger partial charge in [-0.2, -0.15) is 13.2 Å². The van der Waals surface area contributed by atoms with Gasteiger partial charge in [-0.3, -0.25) is 9.69 Å². The molecular formula is C19H23F3N4O. The predicted molar refractivity (Wildman–Crippen MR) is 97.7 cm³/mol. The van der Waals surface area contributed by atoms with E-state index in [1.165, 1.54) is 0 Å². The standard InChI is InChI=1S/C19H23F3N4O/c1-3-26(4-2)14-7-5-13(6-8-14)11-25-10-9-16-15(12-25)17(27)24-18(23-16)19(20,21)22/h5-8H,3-4,9-12H2,1-2H3,(H,23,24,27). The summed E-state index contributed by atoms with van der Waals surface area (Å²) in [4.78, 5) is 21.9. The number of hydrogen-bond donors (Lipinski definition) is 1. The summed E-state index contributed by atoms with van der Waals surface area (Å²) in [6, 6.07) is 8.26. The van der Waals surface area contributed by atoms with Crippen molar-refractivity contribution in [2.24, 2.45) is 0 Å². The molecule has 2 aromatic rings. The smallest absolute Gasteiger partial charge is 0.372 e. The Kier molecular flexibility index (Phi) is 5.55. The van der Waals surface area contributed by atoms with Crippen LogP contribution in [0.1, 0.15) is 36.5 Å². The van der Waals surface area contributed by atoms with E-state index >= 15 is 0 Å². The lowest BCUT2D eigenvalue weighted by Gasteiger charge is -2.28. The minimum Gasteiger partial charge on any atom is -0.372 e. The number of alkyl halides is 3. The van der Waals surface area contributed by atoms with Crippen molar-refractivity contribution < 1.29 is 13.2 Å². The number of nitrogens with zero attached hydrogens (tertiary/aromatic N) is 3. The number of rotatable bonds is 5. The van der Waals surface area contributed by atoms with Crippen LogP contribution in [0, 0.1) is 0 Å². The van der Waals surface area contributed by atoms with Crippen LogP contribution in [-0.4, -0.2) is 34.5 Å². The number of nitrogens with one attached hydrogen (secondary N) is 1. The van der Waals surface area contributed by atoms with Crippen molar-refractivity contribution in [1.82, 2.24) is 14.9 Å². The Bertz CT molecular complexity index is 842. The Hall–Kier alpha value is -2.35. The van der Waals surface area contributed by atoms with E-state index in [0.29, 0.717) is 31.6 Å². The molecule has 1 aliphatic heterocycles. The van der Waals surface area contributed by atoms with Crippen LogP contribution in [0.4, 0.5) is 18.9 Å². The average molecular weight is 380 g/mol. The zero-order valence-corrected chi connectivity index (χ0v) is 15.4. The highest BCUT2D eigenvalue weighted by atomic mass is 19.4. The number of benzene rings is 1. The van der Waals surface area contributed by atoms with Gasteiger partial charge >= 0.3 is 6.18 Å². The van der Waals surface area contributed by atoms with Crippen LogP contribution < -0.4 is 10.5 Å². The predicted octanol–water partition coefficient (Wildman–Crippen LogP) is 3.19. The molecule has 0 spiro atoms. The van der Waals surface area contributed by atoms with Gasteiger partial charge in [0.25, 0.3) is 5.56 Å². The van der Waals surface area contributed by atoms with Crippen molar-refractivity contribution in [2.75, 3.05) is 24.5 Å². The molecule has 0 saturated heterocycles. The summed E-state index contributed by atoms with van der Waals surface area (Å²) in [6.07, 6.45) is -4.31. The molecule has 5 nitrogen and oxygen atoms in total. The van der Waals surface area contributed by atoms with Crippen LogP contribution in [0.5, 0.6) is 0 Å². The molecular weight excluding hydrogens is 357 g/mol. The first-order chi connectivity index (χ1) is 12.8. The fraction of sp³-hybridized carbons (Fsp3) is 0.474. The average Bonchev–Trinajstić information content (AvgIpc) is 2.63. The van der Waals surface area contributed by atoms with Crippen molar-refractivity contribution in [3.8, 4) is 0 Å². The fourth-order valence-electron chi connectivity index (χ4n) is 3.41. The normalized spacial score (nSPS) is 14.9. The van der Waals surface area contributed by atoms with Gasteiger partial charge in [-0.1, -0.05) is 12.1 Å². The van der Waals surface area contributed by atoms with Crippen LogP contribution >= 0.6 is 0 Å². The number of anilines is 1. The topological polar surface area (TPSA) is 52.2 Å². The van der Waals surface area contributed by atoms with Gasteiger partial charge < -0.3 is 9.88 Å². The zero-order chi connectivity index (χ0) is 19.6. The van der Waals surface area contributed by atoms with E-state index in [1.807, 2.05) is 4.98 Å². The maximum atomic E-state index is 12.8. The third-order valence-corrected chi connectivity index (χ3v) is 4.89. The van der Waals surface area contributed by atoms with Gasteiger partial charge in [-0.25, -0.2) is 4.98 Å². The van der Waals surface area contributed by atoms with E-state index in [0.717, 1.165) is 24.3 Å². The highest BCUT2D eigenvalue weighted by Crippen LogP contribution is 2.27. The van der Waals surface area contributed by atoms with Gasteiger partial charge in [0.05, 0.1) is 11.3 Å². The first kappa shape index (κ1) is 19.4. The second kappa shape index (κ2) is 7.72. The number of fused-ring (bicyclic) bond motifs is 1. The number of H-pyrrole nitrogens is 1. The summed E-state index contributed by atoms with van der Waals surface area (Å²) < 4.78 is 38.4. The second-order valence-corrected chi connectivity index (χ2v) is 6.64. The first-order valence-electron chi connectivity index (χ1n) is 9.07. The van der Waals surface area contributed by atoms with Crippen LogP contribution in [0.3, 0.4) is 0 Å². The molecule has 1 aromatic heterocycles. The fourth-order valence-corrected chi connectivity index (χ4v) is 3.41. The third kappa shape index (κ3) is 4.32. The molecule has 1 aliphatic rings. The Morgan fingerprint density at radius 2 is 1.85 bits per heavy atom. The van der Waals surface area contributed by atoms with Gasteiger partial charge in [-0.05, 0) is 31.5 Å². The van der Waals surface area contributed by atoms with E-state index in [1.54, 1.807) is 0 Å². The lowest BCUT2D eigenvalue weighted by atomic mass is 10.1. The zero-order valence-electron chi connectivity index (χ0n) is 15.4. The third-order valence-electron chi connectivity index (χ3n) is 4.89. The summed E-state index contributed by atoms with van der Waals surface area (Å²) >= 11 is 0. The monoisotopic (exact) mass is 380 g/mol. The van der Waals surface area contributed by atoms with E-state index in [-0.39, 0.29) is 5.69 Å². The van der Waals surface area contributed by atoms with E-state index < -0.39 is 17.6 Å². The van der Waals surface area contributed by atoms with Crippen molar-refractivity contribution in [3.63, 3.8) is 0 Å². The molecule has 0 saturated carbocycles. The molecule has 0 aliphatic carbocycles. The van der Waals surface area contributed by atoms with Gasteiger partial charge in [0.1, 0.15) is 0 Å². The first-order valence-corrected chi connectivity index (χ1v) is 9.07. The summed E-state index contributed by atoms with van der Waals surface area (Å²) in [7, 11) is 0. The molecule has 0 unspecified atom stereocenters. The van der Waals surface area contributed by atoms with Crippen LogP contribution in [0.15, 0.2) is 29.1 Å². The molecule has 0 radical (unpaired) electrons. The van der Waals surface area contributed by atoms with Gasteiger partial charge in [0.15, 0.2) is 0 Å². The summed E-state index contributed by atoms with van der Waals surface area (Å²) in [5.41, 5.74) is 2.14.